The zero-order chi connectivity index (χ0) is 16.8. The number of aromatic nitrogens is 3. The Morgan fingerprint density at radius 2 is 2.04 bits per heavy atom. The van der Waals surface area contributed by atoms with Crippen LogP contribution in [-0.2, 0) is 4.74 Å². The van der Waals surface area contributed by atoms with E-state index in [9.17, 15) is 4.79 Å². The number of benzene rings is 1. The van der Waals surface area contributed by atoms with Crippen LogP contribution in [0, 0.1) is 12.3 Å². The SMILES string of the molecule is C#CC[C@@H](OC(=O)c1ccc(-n2ccnc2)cc1)c1ccccn1. The third-order valence-corrected chi connectivity index (χ3v) is 3.48. The molecule has 5 heteroatoms. The highest BCUT2D eigenvalue weighted by Crippen LogP contribution is 2.21. The number of esters is 1. The molecule has 0 amide bonds. The maximum absolute atomic E-state index is 12.4. The quantitative estimate of drug-likeness (QED) is 0.536. The van der Waals surface area contributed by atoms with Crippen LogP contribution in [0.4, 0.5) is 0 Å². The van der Waals surface area contributed by atoms with Gasteiger partial charge >= 0.3 is 5.97 Å². The molecule has 0 saturated heterocycles. The van der Waals surface area contributed by atoms with Gasteiger partial charge in [-0.25, -0.2) is 9.78 Å². The van der Waals surface area contributed by atoms with Crippen molar-refractivity contribution >= 4 is 5.97 Å². The Labute approximate surface area is 140 Å². The number of hydrogen-bond donors (Lipinski definition) is 0. The Balaban J connectivity index is 1.75. The number of imidazole rings is 1. The molecule has 1 atom stereocenters. The molecule has 118 valence electrons. The van der Waals surface area contributed by atoms with Crippen LogP contribution in [0.3, 0.4) is 0 Å². The zero-order valence-corrected chi connectivity index (χ0v) is 12.9. The summed E-state index contributed by atoms with van der Waals surface area (Å²) in [6.45, 7) is 0. The number of pyridine rings is 1. The average molecular weight is 317 g/mol. The van der Waals surface area contributed by atoms with Gasteiger partial charge in [0, 0.05) is 24.3 Å². The maximum atomic E-state index is 12.4. The van der Waals surface area contributed by atoms with E-state index in [0.717, 1.165) is 5.69 Å². The molecule has 0 aliphatic carbocycles. The van der Waals surface area contributed by atoms with E-state index in [1.165, 1.54) is 0 Å². The molecule has 0 bridgehead atoms. The second-order valence-corrected chi connectivity index (χ2v) is 5.07. The number of nitrogens with zero attached hydrogens (tertiary/aromatic N) is 3. The fourth-order valence-corrected chi connectivity index (χ4v) is 2.26. The van der Waals surface area contributed by atoms with Crippen molar-refractivity contribution in [2.45, 2.75) is 12.5 Å². The predicted octanol–water partition coefficient (Wildman–Crippen LogP) is 3.19. The number of carbonyl (C=O) groups is 1. The minimum atomic E-state index is -0.558. The van der Waals surface area contributed by atoms with Crippen LogP contribution in [0.2, 0.25) is 0 Å². The first-order valence-corrected chi connectivity index (χ1v) is 7.41. The summed E-state index contributed by atoms with van der Waals surface area (Å²) in [4.78, 5) is 20.6. The van der Waals surface area contributed by atoms with Gasteiger partial charge < -0.3 is 9.30 Å². The summed E-state index contributed by atoms with van der Waals surface area (Å²) in [5.74, 6) is 2.09. The zero-order valence-electron chi connectivity index (χ0n) is 12.9. The van der Waals surface area contributed by atoms with E-state index >= 15 is 0 Å². The summed E-state index contributed by atoms with van der Waals surface area (Å²) in [5, 5.41) is 0. The lowest BCUT2D eigenvalue weighted by atomic mass is 10.1. The molecule has 0 unspecified atom stereocenters. The van der Waals surface area contributed by atoms with Crippen LogP contribution in [0.1, 0.15) is 28.6 Å². The molecule has 1 aromatic carbocycles. The number of hydrogen-bond acceptors (Lipinski definition) is 4. The fourth-order valence-electron chi connectivity index (χ4n) is 2.26. The number of rotatable bonds is 5. The van der Waals surface area contributed by atoms with Crippen molar-refractivity contribution in [3.8, 4) is 18.0 Å². The Morgan fingerprint density at radius 1 is 1.21 bits per heavy atom. The van der Waals surface area contributed by atoms with Gasteiger partial charge in [-0.1, -0.05) is 6.07 Å². The second kappa shape index (κ2) is 7.25. The van der Waals surface area contributed by atoms with E-state index < -0.39 is 12.1 Å². The van der Waals surface area contributed by atoms with Gasteiger partial charge in [0.2, 0.25) is 0 Å². The van der Waals surface area contributed by atoms with E-state index in [1.807, 2.05) is 29.0 Å². The van der Waals surface area contributed by atoms with Gasteiger partial charge in [-0.3, -0.25) is 4.98 Å². The monoisotopic (exact) mass is 317 g/mol. The van der Waals surface area contributed by atoms with Crippen molar-refractivity contribution in [1.82, 2.24) is 14.5 Å². The standard InChI is InChI=1S/C19H15N3O2/c1-2-5-18(17-6-3-4-11-21-17)24-19(23)15-7-9-16(10-8-15)22-13-12-20-14-22/h1,3-4,6-14,18H,5H2/t18-/m1/s1. The highest BCUT2D eigenvalue weighted by molar-refractivity contribution is 5.89. The highest BCUT2D eigenvalue weighted by atomic mass is 16.5. The molecule has 24 heavy (non-hydrogen) atoms. The summed E-state index contributed by atoms with van der Waals surface area (Å²) in [6.07, 6.45) is 12.0. The highest BCUT2D eigenvalue weighted by Gasteiger charge is 2.18. The largest absolute Gasteiger partial charge is 0.451 e. The Kier molecular flexibility index (Phi) is 4.68. The summed E-state index contributed by atoms with van der Waals surface area (Å²) < 4.78 is 7.38. The second-order valence-electron chi connectivity index (χ2n) is 5.07. The Morgan fingerprint density at radius 3 is 2.67 bits per heavy atom. The lowest BCUT2D eigenvalue weighted by molar-refractivity contribution is 0.0299. The Bertz CT molecular complexity index is 835. The van der Waals surface area contributed by atoms with Gasteiger partial charge in [-0.05, 0) is 36.4 Å². The molecule has 0 fully saturated rings. The van der Waals surface area contributed by atoms with Crippen molar-refractivity contribution in [3.63, 3.8) is 0 Å². The van der Waals surface area contributed by atoms with Crippen LogP contribution in [0.15, 0.2) is 67.4 Å². The topological polar surface area (TPSA) is 57.0 Å². The molecule has 0 N–H and O–H groups in total. The van der Waals surface area contributed by atoms with E-state index in [-0.39, 0.29) is 6.42 Å². The number of ether oxygens (including phenoxy) is 1. The van der Waals surface area contributed by atoms with Gasteiger partial charge in [-0.15, -0.1) is 12.3 Å². The van der Waals surface area contributed by atoms with E-state index in [0.29, 0.717) is 11.3 Å². The third kappa shape index (κ3) is 3.50. The van der Waals surface area contributed by atoms with E-state index in [1.54, 1.807) is 43.0 Å². The maximum Gasteiger partial charge on any atom is 0.338 e. The fraction of sp³-hybridized carbons (Fsp3) is 0.105. The minimum absolute atomic E-state index is 0.274. The molecule has 3 rings (SSSR count). The third-order valence-electron chi connectivity index (χ3n) is 3.48. The average Bonchev–Trinajstić information content (AvgIpc) is 3.17. The molecule has 2 aromatic heterocycles. The van der Waals surface area contributed by atoms with Gasteiger partial charge in [0.1, 0.15) is 0 Å². The predicted molar refractivity (Wildman–Crippen MR) is 89.4 cm³/mol. The molecule has 3 aromatic rings. The van der Waals surface area contributed by atoms with Crippen LogP contribution >= 0.6 is 0 Å². The first kappa shape index (κ1) is 15.5. The van der Waals surface area contributed by atoms with Crippen molar-refractivity contribution in [1.29, 1.82) is 0 Å². The van der Waals surface area contributed by atoms with E-state index in [2.05, 4.69) is 15.9 Å². The van der Waals surface area contributed by atoms with Gasteiger partial charge in [0.05, 0.1) is 24.0 Å². The molecular formula is C19H15N3O2. The summed E-state index contributed by atoms with van der Waals surface area (Å²) in [7, 11) is 0. The molecule has 0 aliphatic rings. The normalized spacial score (nSPS) is 11.5. The van der Waals surface area contributed by atoms with Crippen molar-refractivity contribution in [2.75, 3.05) is 0 Å². The van der Waals surface area contributed by atoms with Crippen LogP contribution < -0.4 is 0 Å². The Hall–Kier alpha value is -3.39. The van der Waals surface area contributed by atoms with Gasteiger partial charge in [-0.2, -0.15) is 0 Å². The molecule has 0 spiro atoms. The lowest BCUT2D eigenvalue weighted by Gasteiger charge is -2.15. The first-order chi connectivity index (χ1) is 11.8. The number of carbonyl (C=O) groups excluding carboxylic acids is 1. The summed E-state index contributed by atoms with van der Waals surface area (Å²) in [5.41, 5.74) is 2.00. The summed E-state index contributed by atoms with van der Waals surface area (Å²) >= 11 is 0. The minimum Gasteiger partial charge on any atom is -0.451 e. The first-order valence-electron chi connectivity index (χ1n) is 7.41. The molecule has 5 nitrogen and oxygen atoms in total. The smallest absolute Gasteiger partial charge is 0.338 e. The van der Waals surface area contributed by atoms with Gasteiger partial charge in [0.25, 0.3) is 0 Å². The molecule has 0 saturated carbocycles. The molecular weight excluding hydrogens is 302 g/mol. The molecule has 0 radical (unpaired) electrons. The summed E-state index contributed by atoms with van der Waals surface area (Å²) in [6, 6.07) is 12.5. The van der Waals surface area contributed by atoms with Crippen LogP contribution in [0.5, 0.6) is 0 Å². The van der Waals surface area contributed by atoms with Crippen molar-refractivity contribution in [3.05, 3.63) is 78.6 Å². The molecule has 0 aliphatic heterocycles. The van der Waals surface area contributed by atoms with Gasteiger partial charge in [0.15, 0.2) is 6.10 Å². The van der Waals surface area contributed by atoms with Crippen LogP contribution in [-0.4, -0.2) is 20.5 Å². The van der Waals surface area contributed by atoms with Crippen molar-refractivity contribution < 1.29 is 9.53 Å². The number of terminal acetylenes is 1. The van der Waals surface area contributed by atoms with Crippen LogP contribution in [0.25, 0.3) is 5.69 Å². The molecule has 2 heterocycles. The lowest BCUT2D eigenvalue weighted by Crippen LogP contribution is -2.12. The van der Waals surface area contributed by atoms with E-state index in [4.69, 9.17) is 11.2 Å². The van der Waals surface area contributed by atoms with Crippen molar-refractivity contribution in [2.24, 2.45) is 0 Å².